The molecule has 0 saturated heterocycles. The Labute approximate surface area is 155 Å². The van der Waals surface area contributed by atoms with Gasteiger partial charge in [0, 0.05) is 6.42 Å². The molecular formula is C20H43NO4. The van der Waals surface area contributed by atoms with Crippen LogP contribution in [0.5, 0.6) is 0 Å². The largest absolute Gasteiger partial charge is 0.379 e. The van der Waals surface area contributed by atoms with Gasteiger partial charge in [0.05, 0.1) is 0 Å². The fourth-order valence-corrected chi connectivity index (χ4v) is 2.83. The molecule has 0 aliphatic heterocycles. The third-order valence-corrected chi connectivity index (χ3v) is 4.22. The highest BCUT2D eigenvalue weighted by Gasteiger charge is 2.20. The van der Waals surface area contributed by atoms with Crippen LogP contribution in [0.25, 0.3) is 0 Å². The fourth-order valence-electron chi connectivity index (χ4n) is 2.83. The Morgan fingerprint density at radius 3 is 1.24 bits per heavy atom. The lowest BCUT2D eigenvalue weighted by Gasteiger charge is -2.30. The highest BCUT2D eigenvalue weighted by molar-refractivity contribution is 5.48. The maximum atomic E-state index is 10.1. The van der Waals surface area contributed by atoms with Crippen molar-refractivity contribution in [3.05, 3.63) is 0 Å². The molecule has 0 bridgehead atoms. The van der Waals surface area contributed by atoms with E-state index in [1.807, 2.05) is 0 Å². The molecule has 0 aromatic carbocycles. The third kappa shape index (κ3) is 19.7. The minimum absolute atomic E-state index is 0.761. The van der Waals surface area contributed by atoms with E-state index < -0.39 is 18.7 Å². The van der Waals surface area contributed by atoms with Crippen molar-refractivity contribution < 1.29 is 20.1 Å². The number of nitrogens with zero attached hydrogens (tertiary/aromatic N) is 1. The van der Waals surface area contributed by atoms with E-state index in [0.29, 0.717) is 0 Å². The van der Waals surface area contributed by atoms with Crippen LogP contribution < -0.4 is 0 Å². The summed E-state index contributed by atoms with van der Waals surface area (Å²) in [5.41, 5.74) is 0. The SMILES string of the molecule is CC(O)N(C(C)O)C(C)O.CCCCCCCCCCCCCC=O. The van der Waals surface area contributed by atoms with Crippen LogP contribution in [0, 0.1) is 0 Å². The summed E-state index contributed by atoms with van der Waals surface area (Å²) in [7, 11) is 0. The van der Waals surface area contributed by atoms with E-state index >= 15 is 0 Å². The molecule has 0 spiro atoms. The van der Waals surface area contributed by atoms with Gasteiger partial charge in [-0.3, -0.25) is 0 Å². The summed E-state index contributed by atoms with van der Waals surface area (Å²) in [5, 5.41) is 26.9. The third-order valence-electron chi connectivity index (χ3n) is 4.22. The second-order valence-electron chi connectivity index (χ2n) is 6.83. The van der Waals surface area contributed by atoms with Gasteiger partial charge in [0.25, 0.3) is 0 Å². The first kappa shape index (κ1) is 26.7. The molecule has 0 rings (SSSR count). The Kier molecular flexibility index (Phi) is 21.2. The van der Waals surface area contributed by atoms with E-state index in [4.69, 9.17) is 15.3 Å². The van der Waals surface area contributed by atoms with Gasteiger partial charge in [-0.1, -0.05) is 71.1 Å². The zero-order chi connectivity index (χ0) is 19.5. The normalized spacial score (nSPS) is 14.6. The molecule has 25 heavy (non-hydrogen) atoms. The average molecular weight is 362 g/mol. The van der Waals surface area contributed by atoms with Crippen molar-refractivity contribution in [2.45, 2.75) is 123 Å². The number of carbonyl (C=O) groups is 1. The molecular weight excluding hydrogens is 318 g/mol. The molecule has 0 radical (unpaired) electrons. The van der Waals surface area contributed by atoms with Crippen molar-refractivity contribution in [2.24, 2.45) is 0 Å². The molecule has 0 saturated carbocycles. The molecule has 3 atom stereocenters. The first-order valence-electron chi connectivity index (χ1n) is 10.1. The topological polar surface area (TPSA) is 81.0 Å². The highest BCUT2D eigenvalue weighted by atomic mass is 16.4. The predicted octanol–water partition coefficient (Wildman–Crippen LogP) is 4.19. The summed E-state index contributed by atoms with van der Waals surface area (Å²) in [5.74, 6) is 0. The average Bonchev–Trinajstić information content (AvgIpc) is 2.52. The van der Waals surface area contributed by atoms with Gasteiger partial charge in [-0.05, 0) is 27.2 Å². The predicted molar refractivity (Wildman–Crippen MR) is 104 cm³/mol. The summed E-state index contributed by atoms with van der Waals surface area (Å²) in [6.45, 7) is 6.72. The van der Waals surface area contributed by atoms with Crippen LogP contribution in [0.3, 0.4) is 0 Å². The molecule has 0 aromatic rings. The summed E-state index contributed by atoms with van der Waals surface area (Å²) in [6.07, 6.45) is 14.2. The van der Waals surface area contributed by atoms with Crippen molar-refractivity contribution in [1.29, 1.82) is 0 Å². The molecule has 152 valence electrons. The van der Waals surface area contributed by atoms with Crippen LogP contribution in [0.4, 0.5) is 0 Å². The molecule has 0 aliphatic carbocycles. The Balaban J connectivity index is 0. The number of aldehydes is 1. The van der Waals surface area contributed by atoms with E-state index in [1.165, 1.54) is 89.9 Å². The Morgan fingerprint density at radius 2 is 1.00 bits per heavy atom. The first-order valence-corrected chi connectivity index (χ1v) is 10.1. The standard InChI is InChI=1S/C14H28O.C6H15NO3/c1-2-3-4-5-6-7-8-9-10-11-12-13-14-15;1-4(8)7(5(2)9)6(3)10/h14H,2-13H2,1H3;4-6,8-10H,1-3H3. The second-order valence-corrected chi connectivity index (χ2v) is 6.83. The van der Waals surface area contributed by atoms with Gasteiger partial charge in [-0.25, -0.2) is 4.90 Å². The molecule has 0 fully saturated rings. The molecule has 3 unspecified atom stereocenters. The number of hydrogen-bond acceptors (Lipinski definition) is 5. The van der Waals surface area contributed by atoms with Gasteiger partial charge in [0.15, 0.2) is 0 Å². The van der Waals surface area contributed by atoms with E-state index in [9.17, 15) is 4.79 Å². The maximum Gasteiger partial charge on any atom is 0.119 e. The second kappa shape index (κ2) is 19.8. The summed E-state index contributed by atoms with van der Waals surface area (Å²) in [6, 6.07) is 0. The van der Waals surface area contributed by atoms with Crippen LogP contribution in [0.1, 0.15) is 105 Å². The lowest BCUT2D eigenvalue weighted by molar-refractivity contribution is -0.159. The zero-order valence-corrected chi connectivity index (χ0v) is 17.0. The van der Waals surface area contributed by atoms with Crippen molar-refractivity contribution >= 4 is 6.29 Å². The fraction of sp³-hybridized carbons (Fsp3) is 0.950. The number of aliphatic hydroxyl groups excluding tert-OH is 3. The van der Waals surface area contributed by atoms with Gasteiger partial charge in [0.2, 0.25) is 0 Å². The number of rotatable bonds is 15. The van der Waals surface area contributed by atoms with Gasteiger partial charge in [-0.2, -0.15) is 0 Å². The minimum Gasteiger partial charge on any atom is -0.379 e. The smallest absolute Gasteiger partial charge is 0.119 e. The number of unbranched alkanes of at least 4 members (excludes halogenated alkanes) is 11. The van der Waals surface area contributed by atoms with Crippen LogP contribution in [-0.4, -0.2) is 45.2 Å². The van der Waals surface area contributed by atoms with E-state index in [1.54, 1.807) is 0 Å². The molecule has 0 heterocycles. The molecule has 3 N–H and O–H groups in total. The van der Waals surface area contributed by atoms with Crippen molar-refractivity contribution in [3.63, 3.8) is 0 Å². The first-order chi connectivity index (χ1) is 11.9. The monoisotopic (exact) mass is 361 g/mol. The van der Waals surface area contributed by atoms with E-state index in [2.05, 4.69) is 6.92 Å². The lowest BCUT2D eigenvalue weighted by Crippen LogP contribution is -2.45. The van der Waals surface area contributed by atoms with Crippen LogP contribution >= 0.6 is 0 Å². The maximum absolute atomic E-state index is 10.1. The molecule has 0 aliphatic rings. The summed E-state index contributed by atoms with van der Waals surface area (Å²) in [4.78, 5) is 11.2. The minimum atomic E-state index is -0.833. The quantitative estimate of drug-likeness (QED) is 0.231. The van der Waals surface area contributed by atoms with Gasteiger partial charge in [0.1, 0.15) is 25.0 Å². The zero-order valence-electron chi connectivity index (χ0n) is 17.0. The van der Waals surface area contributed by atoms with Crippen LogP contribution in [-0.2, 0) is 4.79 Å². The summed E-state index contributed by atoms with van der Waals surface area (Å²) >= 11 is 0. The van der Waals surface area contributed by atoms with Crippen molar-refractivity contribution in [1.82, 2.24) is 4.90 Å². The Hall–Kier alpha value is -0.490. The number of carbonyl (C=O) groups excluding carboxylic acids is 1. The molecule has 5 heteroatoms. The van der Waals surface area contributed by atoms with Crippen molar-refractivity contribution in [3.8, 4) is 0 Å². The molecule has 5 nitrogen and oxygen atoms in total. The van der Waals surface area contributed by atoms with E-state index in [0.717, 1.165) is 19.1 Å². The number of hydrogen-bond donors (Lipinski definition) is 3. The molecule has 0 amide bonds. The lowest BCUT2D eigenvalue weighted by atomic mass is 10.1. The van der Waals surface area contributed by atoms with Crippen molar-refractivity contribution in [2.75, 3.05) is 0 Å². The van der Waals surface area contributed by atoms with Gasteiger partial charge >= 0.3 is 0 Å². The van der Waals surface area contributed by atoms with E-state index in [-0.39, 0.29) is 0 Å². The van der Waals surface area contributed by atoms with Gasteiger partial charge in [-0.15, -0.1) is 0 Å². The van der Waals surface area contributed by atoms with Crippen LogP contribution in [0.15, 0.2) is 0 Å². The highest BCUT2D eigenvalue weighted by Crippen LogP contribution is 2.11. The molecule has 0 aromatic heterocycles. The Bertz CT molecular complexity index is 251. The van der Waals surface area contributed by atoms with Crippen LogP contribution in [0.2, 0.25) is 0 Å². The Morgan fingerprint density at radius 1 is 0.680 bits per heavy atom. The summed E-state index contributed by atoms with van der Waals surface area (Å²) < 4.78 is 0. The number of aliphatic hydroxyl groups is 3. The van der Waals surface area contributed by atoms with Gasteiger partial charge < -0.3 is 20.1 Å².